The van der Waals surface area contributed by atoms with Crippen molar-refractivity contribution < 1.29 is 14.3 Å². The smallest absolute Gasteiger partial charge is 0.327 e. The summed E-state index contributed by atoms with van der Waals surface area (Å²) in [5.74, 6) is 2.40. The van der Waals surface area contributed by atoms with Crippen molar-refractivity contribution in [3.63, 3.8) is 0 Å². The Morgan fingerprint density at radius 3 is 2.61 bits per heavy atom. The Morgan fingerprint density at radius 2 is 1.88 bits per heavy atom. The van der Waals surface area contributed by atoms with E-state index in [1.165, 1.54) is 22.8 Å². The van der Waals surface area contributed by atoms with Crippen LogP contribution in [0.3, 0.4) is 0 Å². The molecule has 7 heteroatoms. The molecular weight excluding hydrogens is 434 g/mol. The highest BCUT2D eigenvalue weighted by Crippen LogP contribution is 2.39. The van der Waals surface area contributed by atoms with E-state index in [4.69, 9.17) is 4.74 Å². The van der Waals surface area contributed by atoms with Crippen LogP contribution in [0.15, 0.2) is 42.5 Å². The van der Waals surface area contributed by atoms with Gasteiger partial charge in [0, 0.05) is 45.1 Å². The fraction of sp³-hybridized carbons (Fsp3) is 0.538. The average Bonchev–Trinajstić information content (AvgIpc) is 3.44. The van der Waals surface area contributed by atoms with Crippen molar-refractivity contribution in [2.75, 3.05) is 44.9 Å². The van der Waals surface area contributed by atoms with Gasteiger partial charge in [-0.15, -0.1) is 0 Å². The monoisotopic (exact) mass is 467 g/mol. The second-order valence-corrected chi connectivity index (χ2v) is 10.6. The van der Waals surface area contributed by atoms with Crippen LogP contribution < -0.4 is 0 Å². The fourth-order valence-electron chi connectivity index (χ4n) is 5.67. The summed E-state index contributed by atoms with van der Waals surface area (Å²) in [5.41, 5.74) is 0.286. The lowest BCUT2D eigenvalue weighted by atomic mass is 9.85. The Labute approximate surface area is 200 Å². The van der Waals surface area contributed by atoms with Gasteiger partial charge < -0.3 is 9.64 Å². The predicted molar refractivity (Wildman–Crippen MR) is 132 cm³/mol. The minimum absolute atomic E-state index is 0.0153. The number of hydrogen-bond acceptors (Lipinski definition) is 5. The molecule has 6 nitrogen and oxygen atoms in total. The molecule has 1 unspecified atom stereocenters. The number of rotatable bonds is 7. The maximum Gasteiger partial charge on any atom is 0.327 e. The fourth-order valence-corrected chi connectivity index (χ4v) is 6.93. The highest BCUT2D eigenvalue weighted by atomic mass is 32.2. The molecule has 0 aliphatic carbocycles. The minimum Gasteiger partial charge on any atom is -0.385 e. The number of methoxy groups -OCH3 is 1. The summed E-state index contributed by atoms with van der Waals surface area (Å²) in [6, 6.07) is 14.9. The Hall–Kier alpha value is -2.09. The van der Waals surface area contributed by atoms with Gasteiger partial charge in [0.05, 0.1) is 6.54 Å². The van der Waals surface area contributed by atoms with Gasteiger partial charge in [0.2, 0.25) is 0 Å². The van der Waals surface area contributed by atoms with E-state index in [9.17, 15) is 9.59 Å². The molecule has 3 amide bonds. The van der Waals surface area contributed by atoms with Crippen LogP contribution in [0, 0.1) is 0 Å². The molecule has 1 atom stereocenters. The van der Waals surface area contributed by atoms with Crippen LogP contribution in [0.5, 0.6) is 0 Å². The first kappa shape index (κ1) is 22.7. The number of amides is 3. The molecule has 2 aromatic carbocycles. The van der Waals surface area contributed by atoms with E-state index in [2.05, 4.69) is 29.2 Å². The summed E-state index contributed by atoms with van der Waals surface area (Å²) < 4.78 is 5.24. The lowest BCUT2D eigenvalue weighted by Gasteiger charge is -2.44. The molecule has 5 rings (SSSR count). The van der Waals surface area contributed by atoms with Gasteiger partial charge in [0.15, 0.2) is 0 Å². The zero-order valence-electron chi connectivity index (χ0n) is 19.4. The lowest BCUT2D eigenvalue weighted by molar-refractivity contribution is -0.136. The predicted octanol–water partition coefficient (Wildman–Crippen LogP) is 3.98. The topological polar surface area (TPSA) is 53.1 Å². The van der Waals surface area contributed by atoms with Crippen LogP contribution in [0.2, 0.25) is 0 Å². The highest BCUT2D eigenvalue weighted by Gasteiger charge is 2.57. The van der Waals surface area contributed by atoms with Gasteiger partial charge in [-0.3, -0.25) is 14.6 Å². The van der Waals surface area contributed by atoms with Crippen molar-refractivity contribution in [3.8, 4) is 0 Å². The third kappa shape index (κ3) is 4.27. The van der Waals surface area contributed by atoms with E-state index in [0.717, 1.165) is 48.7 Å². The maximum absolute atomic E-state index is 13.8. The zero-order chi connectivity index (χ0) is 22.8. The van der Waals surface area contributed by atoms with E-state index in [0.29, 0.717) is 25.7 Å². The van der Waals surface area contributed by atoms with E-state index < -0.39 is 5.54 Å². The maximum atomic E-state index is 13.8. The first-order valence-corrected chi connectivity index (χ1v) is 13.2. The molecule has 3 heterocycles. The molecule has 0 aromatic heterocycles. The number of carbonyl (C=O) groups excluding carboxylic acids is 2. The van der Waals surface area contributed by atoms with Gasteiger partial charge >= 0.3 is 6.03 Å². The van der Waals surface area contributed by atoms with Crippen molar-refractivity contribution in [2.24, 2.45) is 0 Å². The summed E-state index contributed by atoms with van der Waals surface area (Å²) in [5, 5.41) is 2.29. The Balaban J connectivity index is 1.37. The van der Waals surface area contributed by atoms with Gasteiger partial charge in [-0.05, 0) is 53.8 Å². The largest absolute Gasteiger partial charge is 0.385 e. The number of nitrogens with zero attached hydrogens (tertiary/aromatic N) is 3. The molecule has 1 spiro atoms. The summed E-state index contributed by atoms with van der Waals surface area (Å²) in [6.07, 6.45) is 3.42. The van der Waals surface area contributed by atoms with Crippen LogP contribution in [-0.4, -0.2) is 83.1 Å². The molecule has 0 N–H and O–H groups in total. The summed E-state index contributed by atoms with van der Waals surface area (Å²) >= 11 is 2.02. The number of hydrogen-bond donors (Lipinski definition) is 0. The van der Waals surface area contributed by atoms with Gasteiger partial charge in [-0.1, -0.05) is 36.4 Å². The van der Waals surface area contributed by atoms with Crippen molar-refractivity contribution in [1.82, 2.24) is 14.7 Å². The number of imide groups is 1. The normalized spacial score (nSPS) is 23.4. The van der Waals surface area contributed by atoms with Crippen LogP contribution in [-0.2, 0) is 16.1 Å². The number of thioether (sulfide) groups is 1. The van der Waals surface area contributed by atoms with Gasteiger partial charge in [0.1, 0.15) is 5.54 Å². The molecule has 2 aromatic rings. The van der Waals surface area contributed by atoms with Crippen LogP contribution in [0.4, 0.5) is 4.79 Å². The number of urea groups is 1. The highest BCUT2D eigenvalue weighted by molar-refractivity contribution is 7.99. The Bertz CT molecular complexity index is 1010. The van der Waals surface area contributed by atoms with Gasteiger partial charge in [-0.25, -0.2) is 4.79 Å². The molecule has 0 bridgehead atoms. The Morgan fingerprint density at radius 1 is 1.09 bits per heavy atom. The molecule has 0 radical (unpaired) electrons. The molecule has 3 fully saturated rings. The molecule has 3 aliphatic heterocycles. The second-order valence-electron chi connectivity index (χ2n) is 9.44. The lowest BCUT2D eigenvalue weighted by Crippen LogP contribution is -2.58. The number of ether oxygens (including phenoxy) is 1. The van der Waals surface area contributed by atoms with Crippen molar-refractivity contribution in [1.29, 1.82) is 0 Å². The van der Waals surface area contributed by atoms with Crippen LogP contribution in [0.1, 0.15) is 31.2 Å². The minimum atomic E-state index is -0.704. The molecule has 3 saturated heterocycles. The molecular formula is C26H33N3O3S. The molecule has 0 saturated carbocycles. The van der Waals surface area contributed by atoms with Crippen LogP contribution in [0.25, 0.3) is 10.8 Å². The number of piperidine rings is 1. The van der Waals surface area contributed by atoms with E-state index >= 15 is 0 Å². The second kappa shape index (κ2) is 9.65. The third-order valence-electron chi connectivity index (χ3n) is 7.55. The number of fused-ring (bicyclic) bond motifs is 1. The van der Waals surface area contributed by atoms with Crippen molar-refractivity contribution >= 4 is 34.5 Å². The van der Waals surface area contributed by atoms with E-state index in [1.807, 2.05) is 34.9 Å². The van der Waals surface area contributed by atoms with Crippen molar-refractivity contribution in [2.45, 2.75) is 43.8 Å². The molecule has 176 valence electrons. The molecule has 3 aliphatic rings. The van der Waals surface area contributed by atoms with E-state index in [1.54, 1.807) is 7.11 Å². The number of benzene rings is 2. The van der Waals surface area contributed by atoms with Crippen LogP contribution >= 0.6 is 11.8 Å². The van der Waals surface area contributed by atoms with Crippen molar-refractivity contribution in [3.05, 3.63) is 48.0 Å². The summed E-state index contributed by atoms with van der Waals surface area (Å²) in [4.78, 5) is 33.3. The average molecular weight is 468 g/mol. The van der Waals surface area contributed by atoms with Gasteiger partial charge in [-0.2, -0.15) is 11.8 Å². The summed E-state index contributed by atoms with van der Waals surface area (Å²) in [7, 11) is 1.68. The SMILES string of the molecule is COCCCN1C(=O)N(Cc2ccc3ccccc3c2)C(=O)C12CCN(C1CCSC1)CC2. The summed E-state index contributed by atoms with van der Waals surface area (Å²) in [6.45, 7) is 3.24. The standard InChI is InChI=1S/C26H33N3O3S/c1-32-15-4-12-29-25(31)28(18-20-7-8-21-5-2-3-6-22(21)17-20)24(30)26(29)10-13-27(14-11-26)23-9-16-33-19-23/h2-3,5-8,17,23H,4,9-16,18-19H2,1H3. The molecule has 33 heavy (non-hydrogen) atoms. The quantitative estimate of drug-likeness (QED) is 0.455. The van der Waals surface area contributed by atoms with E-state index in [-0.39, 0.29) is 11.9 Å². The Kier molecular flexibility index (Phi) is 6.63. The zero-order valence-corrected chi connectivity index (χ0v) is 20.2. The number of likely N-dealkylation sites (tertiary alicyclic amines) is 1. The first-order valence-electron chi connectivity index (χ1n) is 12.0. The van der Waals surface area contributed by atoms with Gasteiger partial charge in [0.25, 0.3) is 5.91 Å². The first-order chi connectivity index (χ1) is 16.1. The number of carbonyl (C=O) groups is 2. The third-order valence-corrected chi connectivity index (χ3v) is 8.70.